The van der Waals surface area contributed by atoms with Crippen LogP contribution in [-0.4, -0.2) is 12.0 Å². The van der Waals surface area contributed by atoms with Gasteiger partial charge in [0, 0.05) is 5.69 Å². The van der Waals surface area contributed by atoms with Gasteiger partial charge in [0.15, 0.2) is 6.10 Å². The molecule has 0 saturated carbocycles. The molecule has 1 amide bonds. The number of rotatable bonds is 7. The summed E-state index contributed by atoms with van der Waals surface area (Å²) < 4.78 is 11.6. The van der Waals surface area contributed by atoms with Gasteiger partial charge in [0.05, 0.1) is 0 Å². The molecule has 4 heteroatoms. The predicted molar refractivity (Wildman–Crippen MR) is 114 cm³/mol. The number of amides is 1. The molecule has 1 atom stereocenters. The molecule has 0 aromatic heterocycles. The predicted octanol–water partition coefficient (Wildman–Crippen LogP) is 5.16. The first-order valence-electron chi connectivity index (χ1n) is 10.0. The Kier molecular flexibility index (Phi) is 5.80. The second-order valence-corrected chi connectivity index (χ2v) is 7.33. The molecule has 1 aliphatic rings. The zero-order valence-electron chi connectivity index (χ0n) is 16.6. The van der Waals surface area contributed by atoms with Gasteiger partial charge in [-0.15, -0.1) is 0 Å². The molecule has 148 valence electrons. The summed E-state index contributed by atoms with van der Waals surface area (Å²) in [7, 11) is 0. The van der Waals surface area contributed by atoms with Gasteiger partial charge in [0.25, 0.3) is 5.91 Å². The molecule has 4 nitrogen and oxygen atoms in total. The van der Waals surface area contributed by atoms with E-state index < -0.39 is 6.10 Å². The molecular weight excluding hydrogens is 362 g/mol. The van der Waals surface area contributed by atoms with Gasteiger partial charge >= 0.3 is 0 Å². The van der Waals surface area contributed by atoms with Crippen molar-refractivity contribution in [1.82, 2.24) is 0 Å². The molecule has 0 aliphatic heterocycles. The Morgan fingerprint density at radius 2 is 1.66 bits per heavy atom. The van der Waals surface area contributed by atoms with E-state index in [1.54, 1.807) is 6.92 Å². The van der Waals surface area contributed by atoms with Crippen molar-refractivity contribution in [1.29, 1.82) is 0 Å². The van der Waals surface area contributed by atoms with E-state index in [4.69, 9.17) is 9.47 Å². The number of fused-ring (bicyclic) bond motifs is 1. The van der Waals surface area contributed by atoms with Gasteiger partial charge in [-0.05, 0) is 79.3 Å². The molecule has 0 fully saturated rings. The monoisotopic (exact) mass is 387 g/mol. The van der Waals surface area contributed by atoms with Crippen LogP contribution in [0.4, 0.5) is 5.69 Å². The maximum absolute atomic E-state index is 12.5. The molecule has 1 aliphatic carbocycles. The summed E-state index contributed by atoms with van der Waals surface area (Å²) in [5.41, 5.74) is 4.55. The summed E-state index contributed by atoms with van der Waals surface area (Å²) in [6, 6.07) is 23.5. The number of aryl methyl sites for hydroxylation is 2. The molecule has 0 bridgehead atoms. The molecule has 0 spiro atoms. The number of nitrogens with one attached hydrogen (secondary N) is 1. The summed E-state index contributed by atoms with van der Waals surface area (Å²) in [5.74, 6) is 1.33. The van der Waals surface area contributed by atoms with E-state index in [0.717, 1.165) is 29.9 Å². The van der Waals surface area contributed by atoms with Gasteiger partial charge < -0.3 is 14.8 Å². The minimum Gasteiger partial charge on any atom is -0.489 e. The Morgan fingerprint density at radius 1 is 0.931 bits per heavy atom. The number of carbonyl (C=O) groups is 1. The van der Waals surface area contributed by atoms with Crippen LogP contribution in [0, 0.1) is 0 Å². The average molecular weight is 387 g/mol. The average Bonchev–Trinajstić information content (AvgIpc) is 3.22. The van der Waals surface area contributed by atoms with Crippen LogP contribution in [0.5, 0.6) is 11.5 Å². The van der Waals surface area contributed by atoms with Crippen molar-refractivity contribution >= 4 is 11.6 Å². The van der Waals surface area contributed by atoms with Crippen LogP contribution in [0.15, 0.2) is 72.8 Å². The fraction of sp³-hybridized carbons (Fsp3) is 0.240. The van der Waals surface area contributed by atoms with Crippen LogP contribution in [0.3, 0.4) is 0 Å². The number of benzene rings is 3. The van der Waals surface area contributed by atoms with E-state index in [1.807, 2.05) is 60.7 Å². The lowest BCUT2D eigenvalue weighted by atomic mass is 10.1. The first-order valence-corrected chi connectivity index (χ1v) is 10.0. The summed E-state index contributed by atoms with van der Waals surface area (Å²) in [5, 5.41) is 2.90. The summed E-state index contributed by atoms with van der Waals surface area (Å²) >= 11 is 0. The molecule has 0 radical (unpaired) electrons. The third-order valence-electron chi connectivity index (χ3n) is 5.12. The molecule has 3 aromatic rings. The standard InChI is InChI=1S/C25H25NO3/c1-18(29-24-13-10-20-8-5-9-21(20)16-24)25(27)26-22-11-14-23(15-12-22)28-17-19-6-3-2-4-7-19/h2-4,6-7,10-16,18H,5,8-9,17H2,1H3,(H,26,27)/t18-/m0/s1. The Labute approximate surface area is 171 Å². The smallest absolute Gasteiger partial charge is 0.265 e. The SMILES string of the molecule is C[C@H](Oc1ccc2c(c1)CCC2)C(=O)Nc1ccc(OCc2ccccc2)cc1. The Bertz CT molecular complexity index is 967. The van der Waals surface area contributed by atoms with Crippen molar-refractivity contribution in [3.63, 3.8) is 0 Å². The molecule has 4 rings (SSSR count). The van der Waals surface area contributed by atoms with Crippen LogP contribution in [0.2, 0.25) is 0 Å². The first kappa shape index (κ1) is 19.1. The van der Waals surface area contributed by atoms with E-state index in [9.17, 15) is 4.79 Å². The van der Waals surface area contributed by atoms with Gasteiger partial charge in [-0.2, -0.15) is 0 Å². The van der Waals surface area contributed by atoms with Gasteiger partial charge in [-0.25, -0.2) is 0 Å². The van der Waals surface area contributed by atoms with Gasteiger partial charge in [0.2, 0.25) is 0 Å². The molecule has 29 heavy (non-hydrogen) atoms. The zero-order chi connectivity index (χ0) is 20.1. The Balaban J connectivity index is 1.29. The maximum Gasteiger partial charge on any atom is 0.265 e. The maximum atomic E-state index is 12.5. The van der Waals surface area contributed by atoms with Crippen LogP contribution in [-0.2, 0) is 24.2 Å². The van der Waals surface area contributed by atoms with Crippen molar-refractivity contribution in [2.45, 2.75) is 38.9 Å². The van der Waals surface area contributed by atoms with E-state index in [0.29, 0.717) is 12.3 Å². The minimum absolute atomic E-state index is 0.177. The fourth-order valence-electron chi connectivity index (χ4n) is 3.50. The second-order valence-electron chi connectivity index (χ2n) is 7.33. The van der Waals surface area contributed by atoms with Crippen LogP contribution in [0.25, 0.3) is 0 Å². The molecule has 0 saturated heterocycles. The highest BCUT2D eigenvalue weighted by atomic mass is 16.5. The van der Waals surface area contributed by atoms with Gasteiger partial charge in [-0.1, -0.05) is 36.4 Å². The lowest BCUT2D eigenvalue weighted by Gasteiger charge is -2.16. The van der Waals surface area contributed by atoms with Crippen LogP contribution < -0.4 is 14.8 Å². The first-order chi connectivity index (χ1) is 14.2. The number of anilines is 1. The Morgan fingerprint density at radius 3 is 2.45 bits per heavy atom. The molecule has 3 aromatic carbocycles. The number of hydrogen-bond acceptors (Lipinski definition) is 3. The highest BCUT2D eigenvalue weighted by Crippen LogP contribution is 2.26. The van der Waals surface area contributed by atoms with Crippen LogP contribution >= 0.6 is 0 Å². The Hall–Kier alpha value is -3.27. The number of hydrogen-bond donors (Lipinski definition) is 1. The summed E-state index contributed by atoms with van der Waals surface area (Å²) in [6.45, 7) is 2.28. The number of ether oxygens (including phenoxy) is 2. The van der Waals surface area contributed by atoms with Crippen molar-refractivity contribution in [2.24, 2.45) is 0 Å². The third kappa shape index (κ3) is 4.96. The van der Waals surface area contributed by atoms with E-state index in [-0.39, 0.29) is 5.91 Å². The highest BCUT2D eigenvalue weighted by molar-refractivity contribution is 5.94. The normalized spacial score (nSPS) is 13.4. The van der Waals surface area contributed by atoms with E-state index >= 15 is 0 Å². The van der Waals surface area contributed by atoms with Gasteiger partial charge in [-0.3, -0.25) is 4.79 Å². The lowest BCUT2D eigenvalue weighted by molar-refractivity contribution is -0.122. The number of carbonyl (C=O) groups excluding carboxylic acids is 1. The zero-order valence-corrected chi connectivity index (χ0v) is 16.6. The highest BCUT2D eigenvalue weighted by Gasteiger charge is 2.17. The van der Waals surface area contributed by atoms with Crippen molar-refractivity contribution in [3.05, 3.63) is 89.5 Å². The minimum atomic E-state index is -0.580. The fourth-order valence-corrected chi connectivity index (χ4v) is 3.50. The summed E-state index contributed by atoms with van der Waals surface area (Å²) in [4.78, 5) is 12.5. The topological polar surface area (TPSA) is 47.6 Å². The van der Waals surface area contributed by atoms with Crippen LogP contribution in [0.1, 0.15) is 30.0 Å². The van der Waals surface area contributed by atoms with E-state index in [1.165, 1.54) is 17.5 Å². The molecule has 0 heterocycles. The largest absolute Gasteiger partial charge is 0.489 e. The molecular formula is C25H25NO3. The summed E-state index contributed by atoms with van der Waals surface area (Å²) in [6.07, 6.45) is 2.84. The molecule has 0 unspecified atom stereocenters. The van der Waals surface area contributed by atoms with Crippen molar-refractivity contribution < 1.29 is 14.3 Å². The second kappa shape index (κ2) is 8.82. The van der Waals surface area contributed by atoms with E-state index in [2.05, 4.69) is 17.4 Å². The lowest BCUT2D eigenvalue weighted by Crippen LogP contribution is -2.30. The quantitative estimate of drug-likeness (QED) is 0.609. The molecule has 1 N–H and O–H groups in total. The van der Waals surface area contributed by atoms with Crippen molar-refractivity contribution in [3.8, 4) is 11.5 Å². The third-order valence-corrected chi connectivity index (χ3v) is 5.12. The van der Waals surface area contributed by atoms with Gasteiger partial charge in [0.1, 0.15) is 18.1 Å². The van der Waals surface area contributed by atoms with Crippen molar-refractivity contribution in [2.75, 3.05) is 5.32 Å².